The summed E-state index contributed by atoms with van der Waals surface area (Å²) in [5, 5.41) is 5.79. The summed E-state index contributed by atoms with van der Waals surface area (Å²) in [7, 11) is 0. The number of hydrogen-bond donors (Lipinski definition) is 1. The van der Waals surface area contributed by atoms with Crippen molar-refractivity contribution in [2.75, 3.05) is 19.6 Å². The second-order valence-electron chi connectivity index (χ2n) is 5.13. The van der Waals surface area contributed by atoms with Gasteiger partial charge in [-0.3, -0.25) is 0 Å². The number of nitrogens with one attached hydrogen (secondary N) is 1. The summed E-state index contributed by atoms with van der Waals surface area (Å²) >= 11 is 5.26. The van der Waals surface area contributed by atoms with E-state index in [0.29, 0.717) is 6.04 Å². The van der Waals surface area contributed by atoms with Crippen molar-refractivity contribution in [3.8, 4) is 0 Å². The van der Waals surface area contributed by atoms with Crippen LogP contribution in [0.1, 0.15) is 25.8 Å². The second-order valence-corrected chi connectivity index (χ2v) is 7.42. The molecule has 0 amide bonds. The molecule has 1 N–H and O–H groups in total. The average molecular weight is 317 g/mol. The van der Waals surface area contributed by atoms with Crippen LogP contribution in [0.15, 0.2) is 15.2 Å². The van der Waals surface area contributed by atoms with Crippen LogP contribution in [0.3, 0.4) is 0 Å². The third-order valence-electron chi connectivity index (χ3n) is 3.43. The molecule has 1 unspecified atom stereocenters. The number of rotatable bonds is 5. The number of nitrogens with zero attached hydrogens (tertiary/aromatic N) is 1. The van der Waals surface area contributed by atoms with Crippen LogP contribution in [0.2, 0.25) is 0 Å². The lowest BCUT2D eigenvalue weighted by Gasteiger charge is -2.20. The normalized spacial score (nSPS) is 21.5. The van der Waals surface area contributed by atoms with Crippen molar-refractivity contribution >= 4 is 27.3 Å². The molecule has 2 heterocycles. The summed E-state index contributed by atoms with van der Waals surface area (Å²) < 4.78 is 1.22. The molecule has 2 nitrogen and oxygen atoms in total. The monoisotopic (exact) mass is 316 g/mol. The Kier molecular flexibility index (Phi) is 5.03. The van der Waals surface area contributed by atoms with Gasteiger partial charge in [-0.1, -0.05) is 0 Å². The molecule has 4 heteroatoms. The van der Waals surface area contributed by atoms with E-state index < -0.39 is 0 Å². The van der Waals surface area contributed by atoms with Gasteiger partial charge in [0.25, 0.3) is 0 Å². The first-order valence-electron chi connectivity index (χ1n) is 6.33. The zero-order valence-corrected chi connectivity index (χ0v) is 13.0. The summed E-state index contributed by atoms with van der Waals surface area (Å²) in [5.74, 6) is 0.833. The van der Waals surface area contributed by atoms with Gasteiger partial charge >= 0.3 is 0 Å². The van der Waals surface area contributed by atoms with Gasteiger partial charge < -0.3 is 10.2 Å². The first-order chi connectivity index (χ1) is 8.15. The fraction of sp³-hybridized carbons (Fsp3) is 0.692. The van der Waals surface area contributed by atoms with Crippen LogP contribution in [-0.4, -0.2) is 30.6 Å². The minimum Gasteiger partial charge on any atom is -0.312 e. The number of likely N-dealkylation sites (tertiary alicyclic amines) is 1. The van der Waals surface area contributed by atoms with Crippen molar-refractivity contribution in [3.05, 3.63) is 20.8 Å². The summed E-state index contributed by atoms with van der Waals surface area (Å²) in [6.07, 6.45) is 1.35. The van der Waals surface area contributed by atoms with Crippen molar-refractivity contribution in [2.45, 2.75) is 32.9 Å². The Morgan fingerprint density at radius 2 is 2.41 bits per heavy atom. The molecule has 17 heavy (non-hydrogen) atoms. The Morgan fingerprint density at radius 3 is 3.00 bits per heavy atom. The van der Waals surface area contributed by atoms with E-state index in [1.807, 2.05) is 0 Å². The van der Waals surface area contributed by atoms with Gasteiger partial charge in [-0.2, -0.15) is 0 Å². The van der Waals surface area contributed by atoms with E-state index in [-0.39, 0.29) is 0 Å². The highest BCUT2D eigenvalue weighted by Gasteiger charge is 2.23. The quantitative estimate of drug-likeness (QED) is 0.896. The van der Waals surface area contributed by atoms with Crippen molar-refractivity contribution in [1.82, 2.24) is 10.2 Å². The third-order valence-corrected chi connectivity index (χ3v) is 4.98. The lowest BCUT2D eigenvalue weighted by atomic mass is 10.1. The Morgan fingerprint density at radius 1 is 1.59 bits per heavy atom. The van der Waals surface area contributed by atoms with E-state index >= 15 is 0 Å². The molecule has 1 aliphatic heterocycles. The molecule has 0 bridgehead atoms. The molecule has 0 radical (unpaired) electrons. The van der Waals surface area contributed by atoms with E-state index in [0.717, 1.165) is 19.0 Å². The first kappa shape index (κ1) is 13.5. The van der Waals surface area contributed by atoms with Crippen molar-refractivity contribution in [1.29, 1.82) is 0 Å². The number of hydrogen-bond acceptors (Lipinski definition) is 3. The zero-order valence-electron chi connectivity index (χ0n) is 10.6. The van der Waals surface area contributed by atoms with Crippen LogP contribution in [0, 0.1) is 5.92 Å². The highest BCUT2D eigenvalue weighted by Crippen LogP contribution is 2.21. The SMILES string of the molecule is CC(C)N1CCC(CNCc2csc(Br)c2)C1. The van der Waals surface area contributed by atoms with Gasteiger partial charge in [-0.15, -0.1) is 11.3 Å². The van der Waals surface area contributed by atoms with E-state index in [1.54, 1.807) is 11.3 Å². The molecule has 96 valence electrons. The molecule has 1 aromatic rings. The topological polar surface area (TPSA) is 15.3 Å². The van der Waals surface area contributed by atoms with Crippen molar-refractivity contribution in [3.63, 3.8) is 0 Å². The molecule has 1 saturated heterocycles. The van der Waals surface area contributed by atoms with Gasteiger partial charge in [-0.25, -0.2) is 0 Å². The lowest BCUT2D eigenvalue weighted by molar-refractivity contribution is 0.264. The number of thiophene rings is 1. The Bertz CT molecular complexity index is 351. The van der Waals surface area contributed by atoms with Crippen molar-refractivity contribution < 1.29 is 0 Å². The van der Waals surface area contributed by atoms with Gasteiger partial charge in [0.2, 0.25) is 0 Å². The molecule has 1 fully saturated rings. The van der Waals surface area contributed by atoms with Gasteiger partial charge in [0.15, 0.2) is 0 Å². The first-order valence-corrected chi connectivity index (χ1v) is 8.00. The lowest BCUT2D eigenvalue weighted by Crippen LogP contribution is -2.30. The predicted molar refractivity (Wildman–Crippen MR) is 78.5 cm³/mol. The number of halogens is 1. The summed E-state index contributed by atoms with van der Waals surface area (Å²) in [6, 6.07) is 2.90. The van der Waals surface area contributed by atoms with Gasteiger partial charge in [0, 0.05) is 19.1 Å². The molecule has 2 rings (SSSR count). The molecule has 1 atom stereocenters. The maximum atomic E-state index is 3.58. The van der Waals surface area contributed by atoms with Crippen LogP contribution in [0.5, 0.6) is 0 Å². The third kappa shape index (κ3) is 4.05. The molecule has 1 aromatic heterocycles. The fourth-order valence-electron chi connectivity index (χ4n) is 2.36. The summed E-state index contributed by atoms with van der Waals surface area (Å²) in [5.41, 5.74) is 1.39. The van der Waals surface area contributed by atoms with Crippen LogP contribution in [0.25, 0.3) is 0 Å². The highest BCUT2D eigenvalue weighted by atomic mass is 79.9. The Labute approximate surface area is 117 Å². The van der Waals surface area contributed by atoms with Crippen LogP contribution in [-0.2, 0) is 6.54 Å². The average Bonchev–Trinajstić information content (AvgIpc) is 2.88. The molecule has 0 spiro atoms. The van der Waals surface area contributed by atoms with E-state index in [1.165, 1.54) is 28.9 Å². The summed E-state index contributed by atoms with van der Waals surface area (Å²) in [4.78, 5) is 2.58. The highest BCUT2D eigenvalue weighted by molar-refractivity contribution is 9.11. The molecule has 0 aliphatic carbocycles. The molecule has 0 aromatic carbocycles. The second kappa shape index (κ2) is 6.32. The minimum atomic E-state index is 0.702. The van der Waals surface area contributed by atoms with Crippen LogP contribution < -0.4 is 5.32 Å². The zero-order chi connectivity index (χ0) is 12.3. The van der Waals surface area contributed by atoms with E-state index in [2.05, 4.69) is 51.4 Å². The summed E-state index contributed by atoms with van der Waals surface area (Å²) in [6.45, 7) is 9.26. The fourth-order valence-corrected chi connectivity index (χ4v) is 3.57. The van der Waals surface area contributed by atoms with E-state index in [9.17, 15) is 0 Å². The maximum absolute atomic E-state index is 3.58. The standard InChI is InChI=1S/C13H21BrN2S/c1-10(2)16-4-3-11(8-16)6-15-7-12-5-13(14)17-9-12/h5,9-11,15H,3-4,6-8H2,1-2H3. The molecular weight excluding hydrogens is 296 g/mol. The van der Waals surface area contributed by atoms with Crippen LogP contribution >= 0.6 is 27.3 Å². The maximum Gasteiger partial charge on any atom is 0.0701 e. The predicted octanol–water partition coefficient (Wildman–Crippen LogP) is 3.33. The Hall–Kier alpha value is 0.100. The Balaban J connectivity index is 1.66. The molecular formula is C13H21BrN2S. The smallest absolute Gasteiger partial charge is 0.0701 e. The minimum absolute atomic E-state index is 0.702. The van der Waals surface area contributed by atoms with E-state index in [4.69, 9.17) is 0 Å². The van der Waals surface area contributed by atoms with Crippen molar-refractivity contribution in [2.24, 2.45) is 5.92 Å². The van der Waals surface area contributed by atoms with Crippen LogP contribution in [0.4, 0.5) is 0 Å². The van der Waals surface area contributed by atoms with Gasteiger partial charge in [-0.05, 0) is 72.2 Å². The van der Waals surface area contributed by atoms with Gasteiger partial charge in [0.1, 0.15) is 0 Å². The largest absolute Gasteiger partial charge is 0.312 e. The molecule has 1 aliphatic rings. The molecule has 0 saturated carbocycles. The van der Waals surface area contributed by atoms with Gasteiger partial charge in [0.05, 0.1) is 3.79 Å².